The third-order valence-corrected chi connectivity index (χ3v) is 7.04. The van der Waals surface area contributed by atoms with Gasteiger partial charge in [-0.05, 0) is 53.0 Å². The van der Waals surface area contributed by atoms with Crippen molar-refractivity contribution >= 4 is 44.9 Å². The van der Waals surface area contributed by atoms with Gasteiger partial charge in [0.2, 0.25) is 0 Å². The van der Waals surface area contributed by atoms with Crippen LogP contribution >= 0.6 is 27.5 Å². The van der Waals surface area contributed by atoms with E-state index in [9.17, 15) is 18.0 Å². The largest absolute Gasteiger partial charge is 0.416 e. The van der Waals surface area contributed by atoms with E-state index in [1.54, 1.807) is 21.7 Å². The number of nitrogens with one attached hydrogen (secondary N) is 1. The lowest BCUT2D eigenvalue weighted by molar-refractivity contribution is -0.137. The van der Waals surface area contributed by atoms with Crippen molar-refractivity contribution in [3.8, 4) is 11.3 Å². The Hall–Kier alpha value is -3.11. The van der Waals surface area contributed by atoms with E-state index in [0.717, 1.165) is 28.0 Å². The molecule has 4 aromatic rings. The molecule has 0 unspecified atom stereocenters. The Balaban J connectivity index is 1.33. The monoisotopic (exact) mass is 577 g/mol. The SMILES string of the molecule is O=C(c1cccc(C(F)(F)F)c1)N1CCC(Nc2cc(-c3ccccc3Cl)nc3c(Br)cnn23)CC1. The van der Waals surface area contributed by atoms with Crippen molar-refractivity contribution in [1.29, 1.82) is 0 Å². The number of hydrogen-bond acceptors (Lipinski definition) is 4. The summed E-state index contributed by atoms with van der Waals surface area (Å²) in [6.07, 6.45) is -1.58. The zero-order chi connectivity index (χ0) is 25.4. The number of alkyl halides is 3. The van der Waals surface area contributed by atoms with E-state index in [1.165, 1.54) is 12.1 Å². The number of hydrogen-bond donors (Lipinski definition) is 1. The first-order chi connectivity index (χ1) is 17.2. The number of carbonyl (C=O) groups is 1. The van der Waals surface area contributed by atoms with Crippen molar-refractivity contribution in [2.75, 3.05) is 18.4 Å². The van der Waals surface area contributed by atoms with E-state index >= 15 is 0 Å². The Labute approximate surface area is 218 Å². The quantitative estimate of drug-likeness (QED) is 0.298. The lowest BCUT2D eigenvalue weighted by Gasteiger charge is -2.33. The number of aromatic nitrogens is 3. The first kappa shape index (κ1) is 24.6. The minimum atomic E-state index is -4.49. The molecule has 0 aliphatic carbocycles. The number of carbonyl (C=O) groups excluding carboxylic acids is 1. The molecule has 1 aliphatic rings. The highest BCUT2D eigenvalue weighted by Crippen LogP contribution is 2.32. The fourth-order valence-electron chi connectivity index (χ4n) is 4.29. The molecule has 6 nitrogen and oxygen atoms in total. The fraction of sp³-hybridized carbons (Fsp3) is 0.240. The third kappa shape index (κ3) is 4.92. The third-order valence-electron chi connectivity index (χ3n) is 6.15. The Morgan fingerprint density at radius 2 is 1.83 bits per heavy atom. The number of halogens is 5. The van der Waals surface area contributed by atoms with Gasteiger partial charge >= 0.3 is 6.18 Å². The van der Waals surface area contributed by atoms with Gasteiger partial charge in [0.15, 0.2) is 5.65 Å². The van der Waals surface area contributed by atoms with Crippen LogP contribution in [0.4, 0.5) is 19.0 Å². The second kappa shape index (κ2) is 9.74. The number of rotatable bonds is 4. The summed E-state index contributed by atoms with van der Waals surface area (Å²) in [7, 11) is 0. The first-order valence-electron chi connectivity index (χ1n) is 11.2. The molecule has 1 amide bonds. The van der Waals surface area contributed by atoms with Gasteiger partial charge in [0.25, 0.3) is 5.91 Å². The number of amides is 1. The molecule has 1 N–H and O–H groups in total. The molecule has 0 atom stereocenters. The van der Waals surface area contributed by atoms with Crippen LogP contribution in [0.25, 0.3) is 16.9 Å². The zero-order valence-electron chi connectivity index (χ0n) is 18.8. The predicted octanol–water partition coefficient (Wildman–Crippen LogP) is 6.55. The van der Waals surface area contributed by atoms with Gasteiger partial charge in [-0.1, -0.05) is 35.9 Å². The second-order valence-electron chi connectivity index (χ2n) is 8.52. The molecule has 1 saturated heterocycles. The maximum absolute atomic E-state index is 13.0. The molecule has 1 aliphatic heterocycles. The first-order valence-corrected chi connectivity index (χ1v) is 12.4. The lowest BCUT2D eigenvalue weighted by Crippen LogP contribution is -2.42. The topological polar surface area (TPSA) is 62.5 Å². The molecule has 186 valence electrons. The van der Waals surface area contributed by atoms with Gasteiger partial charge < -0.3 is 10.2 Å². The molecule has 0 radical (unpaired) electrons. The predicted molar refractivity (Wildman–Crippen MR) is 135 cm³/mol. The van der Waals surface area contributed by atoms with E-state index < -0.39 is 17.6 Å². The van der Waals surface area contributed by atoms with Crippen LogP contribution < -0.4 is 5.32 Å². The maximum atomic E-state index is 13.0. The van der Waals surface area contributed by atoms with Crippen LogP contribution in [0.1, 0.15) is 28.8 Å². The minimum absolute atomic E-state index is 0.0308. The molecular weight excluding hydrogens is 559 g/mol. The Bertz CT molecular complexity index is 1430. The summed E-state index contributed by atoms with van der Waals surface area (Å²) in [5.74, 6) is 0.325. The van der Waals surface area contributed by atoms with Crippen LogP contribution in [-0.2, 0) is 6.18 Å². The molecule has 0 spiro atoms. The van der Waals surface area contributed by atoms with Crippen LogP contribution in [0.5, 0.6) is 0 Å². The smallest absolute Gasteiger partial charge is 0.367 e. The molecule has 1 fully saturated rings. The number of likely N-dealkylation sites (tertiary alicyclic amines) is 1. The van der Waals surface area contributed by atoms with Crippen molar-refractivity contribution in [2.24, 2.45) is 0 Å². The van der Waals surface area contributed by atoms with Crippen molar-refractivity contribution in [1.82, 2.24) is 19.5 Å². The van der Waals surface area contributed by atoms with Crippen LogP contribution in [0.15, 0.2) is 65.3 Å². The summed E-state index contributed by atoms with van der Waals surface area (Å²) < 4.78 is 41.6. The van der Waals surface area contributed by atoms with Gasteiger partial charge in [-0.25, -0.2) is 4.98 Å². The molecular formula is C25H20BrClF3N5O. The van der Waals surface area contributed by atoms with Crippen LogP contribution in [0.2, 0.25) is 5.02 Å². The van der Waals surface area contributed by atoms with Crippen molar-refractivity contribution in [3.05, 3.63) is 81.4 Å². The standard InChI is InChI=1S/C25H20BrClF3N5O/c26-19-14-31-35-22(13-21(33-23(19)35)18-6-1-2-7-20(18)27)32-17-8-10-34(11-9-17)24(36)15-4-3-5-16(12-15)25(28,29)30/h1-7,12-14,17,32H,8-11H2. The maximum Gasteiger partial charge on any atom is 0.416 e. The van der Waals surface area contributed by atoms with E-state index in [0.29, 0.717) is 42.3 Å². The zero-order valence-corrected chi connectivity index (χ0v) is 21.1. The van der Waals surface area contributed by atoms with E-state index in [2.05, 4.69) is 26.3 Å². The second-order valence-corrected chi connectivity index (χ2v) is 9.79. The highest BCUT2D eigenvalue weighted by atomic mass is 79.9. The average molecular weight is 579 g/mol. The van der Waals surface area contributed by atoms with Gasteiger partial charge in [0, 0.05) is 41.3 Å². The summed E-state index contributed by atoms with van der Waals surface area (Å²) in [5.41, 5.74) is 1.32. The lowest BCUT2D eigenvalue weighted by atomic mass is 10.0. The summed E-state index contributed by atoms with van der Waals surface area (Å²) >= 11 is 9.90. The van der Waals surface area contributed by atoms with Crippen LogP contribution in [-0.4, -0.2) is 44.5 Å². The Morgan fingerprint density at radius 3 is 2.56 bits per heavy atom. The number of nitrogens with zero attached hydrogens (tertiary/aromatic N) is 4. The summed E-state index contributed by atoms with van der Waals surface area (Å²) in [6.45, 7) is 0.836. The Morgan fingerprint density at radius 1 is 1.08 bits per heavy atom. The van der Waals surface area contributed by atoms with Crippen LogP contribution in [0.3, 0.4) is 0 Å². The molecule has 11 heteroatoms. The molecule has 2 aromatic heterocycles. The molecule has 36 heavy (non-hydrogen) atoms. The molecule has 2 aromatic carbocycles. The molecule has 5 rings (SSSR count). The van der Waals surface area contributed by atoms with E-state index in [-0.39, 0.29) is 11.6 Å². The number of anilines is 1. The van der Waals surface area contributed by atoms with Gasteiger partial charge in [-0.2, -0.15) is 22.8 Å². The molecule has 0 bridgehead atoms. The molecule has 0 saturated carbocycles. The normalized spacial score (nSPS) is 14.9. The number of benzene rings is 2. The minimum Gasteiger partial charge on any atom is -0.367 e. The van der Waals surface area contributed by atoms with Gasteiger partial charge in [0.1, 0.15) is 5.82 Å². The van der Waals surface area contributed by atoms with Crippen molar-refractivity contribution < 1.29 is 18.0 Å². The summed E-state index contributed by atoms with van der Waals surface area (Å²) in [5, 5.41) is 8.49. The summed E-state index contributed by atoms with van der Waals surface area (Å²) in [6, 6.07) is 13.9. The fourth-order valence-corrected chi connectivity index (χ4v) is 4.87. The highest BCUT2D eigenvalue weighted by Gasteiger charge is 2.32. The van der Waals surface area contributed by atoms with Crippen molar-refractivity contribution in [3.63, 3.8) is 0 Å². The van der Waals surface area contributed by atoms with Gasteiger partial charge in [-0.3, -0.25) is 4.79 Å². The highest BCUT2D eigenvalue weighted by molar-refractivity contribution is 9.10. The van der Waals surface area contributed by atoms with E-state index in [1.807, 2.05) is 24.3 Å². The van der Waals surface area contributed by atoms with E-state index in [4.69, 9.17) is 16.6 Å². The molecule has 3 heterocycles. The Kier molecular flexibility index (Phi) is 6.65. The number of fused-ring (bicyclic) bond motifs is 1. The average Bonchev–Trinajstić information content (AvgIpc) is 3.25. The van der Waals surface area contributed by atoms with Crippen LogP contribution in [0, 0.1) is 0 Å². The van der Waals surface area contributed by atoms with Gasteiger partial charge in [0.05, 0.1) is 21.9 Å². The number of piperidine rings is 1. The van der Waals surface area contributed by atoms with Crippen molar-refractivity contribution in [2.45, 2.75) is 25.1 Å². The summed E-state index contributed by atoms with van der Waals surface area (Å²) in [4.78, 5) is 19.2. The van der Waals surface area contributed by atoms with Gasteiger partial charge in [-0.15, -0.1) is 0 Å².